The molecule has 0 spiro atoms. The highest BCUT2D eigenvalue weighted by atomic mass is 16.5. The molecule has 2 aromatic rings. The molecular formula is C32H31N3O. The minimum absolute atomic E-state index is 0.0898. The third kappa shape index (κ3) is 4.36. The number of hydrogen-bond donors (Lipinski definition) is 0. The second-order valence-corrected chi connectivity index (χ2v) is 10.9. The predicted molar refractivity (Wildman–Crippen MR) is 144 cm³/mol. The molecule has 36 heavy (non-hydrogen) atoms. The summed E-state index contributed by atoms with van der Waals surface area (Å²) in [6.45, 7) is 8.30. The van der Waals surface area contributed by atoms with Crippen molar-refractivity contribution >= 4 is 17.5 Å². The first kappa shape index (κ1) is 23.7. The molecule has 0 radical (unpaired) electrons. The Morgan fingerprint density at radius 2 is 1.75 bits per heavy atom. The number of allylic oxidation sites excluding steroid dienone is 6. The zero-order chi connectivity index (χ0) is 25.4. The Kier molecular flexibility index (Phi) is 6.07. The zero-order valence-electron chi connectivity index (χ0n) is 21.4. The lowest BCUT2D eigenvalue weighted by molar-refractivity contribution is 0.223. The van der Waals surface area contributed by atoms with Gasteiger partial charge in [-0.25, -0.2) is 0 Å². The van der Waals surface area contributed by atoms with E-state index in [1.165, 1.54) is 41.8 Å². The summed E-state index contributed by atoms with van der Waals surface area (Å²) in [4.78, 5) is 2.54. The second kappa shape index (κ2) is 9.21. The minimum atomic E-state index is -0.251. The smallest absolute Gasteiger partial charge is 0.137 e. The van der Waals surface area contributed by atoms with Gasteiger partial charge in [-0.1, -0.05) is 57.0 Å². The molecule has 1 aliphatic carbocycles. The van der Waals surface area contributed by atoms with Crippen molar-refractivity contribution in [3.05, 3.63) is 100 Å². The molecule has 180 valence electrons. The molecule has 2 aliphatic heterocycles. The minimum Gasteiger partial charge on any atom is -0.461 e. The Morgan fingerprint density at radius 3 is 2.44 bits per heavy atom. The van der Waals surface area contributed by atoms with Gasteiger partial charge in [-0.15, -0.1) is 0 Å². The number of ether oxygens (including phenoxy) is 1. The lowest BCUT2D eigenvalue weighted by Gasteiger charge is -2.27. The first-order valence-electron chi connectivity index (χ1n) is 12.6. The molecular weight excluding hydrogens is 442 g/mol. The van der Waals surface area contributed by atoms with E-state index < -0.39 is 0 Å². The highest BCUT2D eigenvalue weighted by Gasteiger charge is 2.42. The number of hydrogen-bond acceptors (Lipinski definition) is 4. The normalized spacial score (nSPS) is 20.7. The fraction of sp³-hybridized carbons (Fsp3) is 0.312. The van der Waals surface area contributed by atoms with Crippen LogP contribution < -0.4 is 4.90 Å². The molecule has 0 amide bonds. The van der Waals surface area contributed by atoms with Crippen molar-refractivity contribution in [3.8, 4) is 12.1 Å². The first-order valence-corrected chi connectivity index (χ1v) is 12.6. The Balaban J connectivity index is 1.47. The van der Waals surface area contributed by atoms with E-state index in [-0.39, 0.29) is 11.0 Å². The Hall–Kier alpha value is -4.02. The van der Waals surface area contributed by atoms with Crippen LogP contribution >= 0.6 is 0 Å². The van der Waals surface area contributed by atoms with Crippen LogP contribution in [0.5, 0.6) is 0 Å². The van der Waals surface area contributed by atoms with Gasteiger partial charge in [0.1, 0.15) is 29.2 Å². The van der Waals surface area contributed by atoms with Gasteiger partial charge in [0.25, 0.3) is 0 Å². The van der Waals surface area contributed by atoms with Gasteiger partial charge in [-0.05, 0) is 73.4 Å². The van der Waals surface area contributed by atoms with Gasteiger partial charge in [0.2, 0.25) is 0 Å². The van der Waals surface area contributed by atoms with Crippen LogP contribution in [0.4, 0.5) is 11.4 Å². The number of anilines is 2. The quantitative estimate of drug-likeness (QED) is 0.424. The highest BCUT2D eigenvalue weighted by Crippen LogP contribution is 2.52. The standard InChI is InChI=1S/C32H31N3O/c1-21-8-12-25(13-9-21)35-29-7-5-6-27(29)28-16-22(11-15-30(28)35)10-14-26-17-23(24(19-33)20-34)18-31(36-26)32(2,3)4/h8-18,27,29H,5-7H2,1-4H3/b14-10+. The molecule has 1 saturated carbocycles. The van der Waals surface area contributed by atoms with E-state index in [9.17, 15) is 10.5 Å². The third-order valence-corrected chi connectivity index (χ3v) is 7.34. The number of aryl methyl sites for hydroxylation is 1. The third-order valence-electron chi connectivity index (χ3n) is 7.34. The molecule has 0 bridgehead atoms. The van der Waals surface area contributed by atoms with Crippen molar-refractivity contribution in [1.82, 2.24) is 0 Å². The molecule has 2 aromatic carbocycles. The average molecular weight is 474 g/mol. The lowest BCUT2D eigenvalue weighted by atomic mass is 9.90. The van der Waals surface area contributed by atoms with Crippen LogP contribution in [0.3, 0.4) is 0 Å². The maximum absolute atomic E-state index is 9.39. The number of rotatable bonds is 3. The van der Waals surface area contributed by atoms with E-state index >= 15 is 0 Å². The summed E-state index contributed by atoms with van der Waals surface area (Å²) >= 11 is 0. The molecule has 1 fully saturated rings. The number of nitrogens with zero attached hydrogens (tertiary/aromatic N) is 3. The largest absolute Gasteiger partial charge is 0.461 e. The Bertz CT molecular complexity index is 1390. The maximum Gasteiger partial charge on any atom is 0.137 e. The van der Waals surface area contributed by atoms with E-state index in [0.717, 1.165) is 11.3 Å². The predicted octanol–water partition coefficient (Wildman–Crippen LogP) is 7.98. The summed E-state index contributed by atoms with van der Waals surface area (Å²) in [6, 6.07) is 20.1. The molecule has 2 heterocycles. The zero-order valence-corrected chi connectivity index (χ0v) is 21.4. The van der Waals surface area contributed by atoms with Crippen LogP contribution in [0.1, 0.15) is 62.6 Å². The summed E-state index contributed by atoms with van der Waals surface area (Å²) in [6.07, 6.45) is 11.3. The second-order valence-electron chi connectivity index (χ2n) is 10.9. The van der Waals surface area contributed by atoms with Gasteiger partial charge in [0, 0.05) is 34.3 Å². The van der Waals surface area contributed by atoms with Gasteiger partial charge in [0.05, 0.1) is 0 Å². The summed E-state index contributed by atoms with van der Waals surface area (Å²) < 4.78 is 6.16. The molecule has 5 rings (SSSR count). The van der Waals surface area contributed by atoms with E-state index in [1.807, 2.05) is 18.2 Å². The van der Waals surface area contributed by atoms with Crippen LogP contribution in [-0.4, -0.2) is 6.04 Å². The van der Waals surface area contributed by atoms with E-state index in [2.05, 4.69) is 81.1 Å². The van der Waals surface area contributed by atoms with Crippen molar-refractivity contribution in [2.24, 2.45) is 5.41 Å². The van der Waals surface area contributed by atoms with Crippen molar-refractivity contribution in [2.45, 2.75) is 58.9 Å². The van der Waals surface area contributed by atoms with Crippen LogP contribution in [0.15, 0.2) is 83.4 Å². The van der Waals surface area contributed by atoms with Crippen LogP contribution in [0.25, 0.3) is 6.08 Å². The molecule has 2 atom stereocenters. The van der Waals surface area contributed by atoms with Crippen molar-refractivity contribution in [3.63, 3.8) is 0 Å². The molecule has 4 nitrogen and oxygen atoms in total. The van der Waals surface area contributed by atoms with Crippen molar-refractivity contribution in [1.29, 1.82) is 10.5 Å². The van der Waals surface area contributed by atoms with Crippen LogP contribution in [0.2, 0.25) is 0 Å². The van der Waals surface area contributed by atoms with Crippen LogP contribution in [0, 0.1) is 35.0 Å². The first-order chi connectivity index (χ1) is 17.3. The summed E-state index contributed by atoms with van der Waals surface area (Å²) in [5, 5.41) is 18.8. The van der Waals surface area contributed by atoms with Crippen LogP contribution in [-0.2, 0) is 4.74 Å². The molecule has 0 aromatic heterocycles. The Labute approximate surface area is 214 Å². The van der Waals surface area contributed by atoms with E-state index in [1.54, 1.807) is 12.2 Å². The van der Waals surface area contributed by atoms with E-state index in [4.69, 9.17) is 4.74 Å². The SMILES string of the molecule is Cc1ccc(N2c3ccc(/C=C/C4=CC(=C(C#N)C#N)C=C(C(C)(C)C)O4)cc3C3CCCC32)cc1. The summed E-state index contributed by atoms with van der Waals surface area (Å²) in [5.41, 5.74) is 6.83. The lowest BCUT2D eigenvalue weighted by Crippen LogP contribution is -2.26. The van der Waals surface area contributed by atoms with Gasteiger partial charge in [-0.3, -0.25) is 0 Å². The Morgan fingerprint density at radius 1 is 1.00 bits per heavy atom. The molecule has 3 aliphatic rings. The highest BCUT2D eigenvalue weighted by molar-refractivity contribution is 5.75. The fourth-order valence-electron chi connectivity index (χ4n) is 5.47. The van der Waals surface area contributed by atoms with Crippen molar-refractivity contribution in [2.75, 3.05) is 4.90 Å². The average Bonchev–Trinajstić information content (AvgIpc) is 3.45. The topological polar surface area (TPSA) is 60.0 Å². The van der Waals surface area contributed by atoms with Gasteiger partial charge < -0.3 is 9.64 Å². The maximum atomic E-state index is 9.39. The van der Waals surface area contributed by atoms with Gasteiger partial charge in [-0.2, -0.15) is 10.5 Å². The van der Waals surface area contributed by atoms with Gasteiger partial charge >= 0.3 is 0 Å². The van der Waals surface area contributed by atoms with E-state index in [0.29, 0.717) is 23.3 Å². The number of nitriles is 2. The van der Waals surface area contributed by atoms with Crippen molar-refractivity contribution < 1.29 is 4.74 Å². The molecule has 0 N–H and O–H groups in total. The molecule has 2 unspecified atom stereocenters. The number of benzene rings is 2. The molecule has 4 heteroatoms. The summed E-state index contributed by atoms with van der Waals surface area (Å²) in [5.74, 6) is 1.92. The monoisotopic (exact) mass is 473 g/mol. The fourth-order valence-corrected chi connectivity index (χ4v) is 5.47. The summed E-state index contributed by atoms with van der Waals surface area (Å²) in [7, 11) is 0. The van der Waals surface area contributed by atoms with Gasteiger partial charge in [0.15, 0.2) is 0 Å². The molecule has 0 saturated heterocycles. The number of fused-ring (bicyclic) bond motifs is 3.